The van der Waals surface area contributed by atoms with E-state index < -0.39 is 5.97 Å². The van der Waals surface area contributed by atoms with Crippen LogP contribution in [0.1, 0.15) is 18.4 Å². The third-order valence-corrected chi connectivity index (χ3v) is 4.75. The number of carboxylic acid groups (broad SMARTS) is 1. The molecule has 0 unspecified atom stereocenters. The minimum Gasteiger partial charge on any atom is -0.480 e. The Balaban J connectivity index is 1.60. The van der Waals surface area contributed by atoms with Crippen LogP contribution in [0.15, 0.2) is 54.1 Å². The number of hydrogen-bond acceptors (Lipinski definition) is 3. The fourth-order valence-corrected chi connectivity index (χ4v) is 3.30. The molecule has 0 bridgehead atoms. The minimum absolute atomic E-state index is 0.228. The fourth-order valence-electron chi connectivity index (χ4n) is 3.30. The monoisotopic (exact) mass is 369 g/mol. The van der Waals surface area contributed by atoms with Gasteiger partial charge in [-0.25, -0.2) is 9.18 Å². The standard InChI is InChI=1S/C22H24FNO3/c23-20-7-5-18(6-8-20)21-4-2-1-3-19(21)15-17-9-11-24(12-10-17)13-14-27-16-22(25)26/h1-8,15H,9-14,16H2,(H,25,26). The molecule has 0 amide bonds. The average Bonchev–Trinajstić information content (AvgIpc) is 2.68. The van der Waals surface area contributed by atoms with E-state index >= 15 is 0 Å². The van der Waals surface area contributed by atoms with Crippen LogP contribution in [0.2, 0.25) is 0 Å². The Hall–Kier alpha value is -2.50. The lowest BCUT2D eigenvalue weighted by molar-refractivity contribution is -0.142. The van der Waals surface area contributed by atoms with Crippen molar-refractivity contribution in [2.24, 2.45) is 0 Å². The van der Waals surface area contributed by atoms with Crippen LogP contribution in [-0.4, -0.2) is 48.8 Å². The summed E-state index contributed by atoms with van der Waals surface area (Å²) in [5, 5.41) is 8.58. The lowest BCUT2D eigenvalue weighted by atomic mass is 9.95. The zero-order valence-electron chi connectivity index (χ0n) is 15.2. The van der Waals surface area contributed by atoms with Crippen molar-refractivity contribution in [2.45, 2.75) is 12.8 Å². The third-order valence-electron chi connectivity index (χ3n) is 4.75. The van der Waals surface area contributed by atoms with Gasteiger partial charge in [0.1, 0.15) is 12.4 Å². The number of benzene rings is 2. The number of carboxylic acids is 1. The predicted octanol–water partition coefficient (Wildman–Crippen LogP) is 4.07. The fraction of sp³-hybridized carbons (Fsp3) is 0.318. The van der Waals surface area contributed by atoms with Gasteiger partial charge >= 0.3 is 5.97 Å². The lowest BCUT2D eigenvalue weighted by Crippen LogP contribution is -2.33. The van der Waals surface area contributed by atoms with Crippen molar-refractivity contribution in [3.05, 3.63) is 65.5 Å². The average molecular weight is 369 g/mol. The zero-order chi connectivity index (χ0) is 19.1. The molecule has 5 heteroatoms. The molecule has 2 aromatic rings. The summed E-state index contributed by atoms with van der Waals surface area (Å²) in [5.41, 5.74) is 4.66. The Bertz CT molecular complexity index is 791. The van der Waals surface area contributed by atoms with Gasteiger partial charge in [0.05, 0.1) is 6.61 Å². The summed E-state index contributed by atoms with van der Waals surface area (Å²) in [6.07, 6.45) is 4.21. The maximum absolute atomic E-state index is 13.2. The van der Waals surface area contributed by atoms with Crippen LogP contribution >= 0.6 is 0 Å². The SMILES string of the molecule is O=C(O)COCCN1CCC(=Cc2ccccc2-c2ccc(F)cc2)CC1. The largest absolute Gasteiger partial charge is 0.480 e. The van der Waals surface area contributed by atoms with Gasteiger partial charge in [0.2, 0.25) is 0 Å². The molecule has 3 rings (SSSR count). The molecule has 1 saturated heterocycles. The van der Waals surface area contributed by atoms with E-state index in [1.54, 1.807) is 0 Å². The van der Waals surface area contributed by atoms with Gasteiger partial charge in [-0.3, -0.25) is 0 Å². The lowest BCUT2D eigenvalue weighted by Gasteiger charge is -2.28. The van der Waals surface area contributed by atoms with Crippen molar-refractivity contribution in [1.82, 2.24) is 4.90 Å². The second kappa shape index (κ2) is 9.44. The van der Waals surface area contributed by atoms with E-state index in [4.69, 9.17) is 9.84 Å². The highest BCUT2D eigenvalue weighted by Gasteiger charge is 2.14. The van der Waals surface area contributed by atoms with Crippen LogP contribution in [0.5, 0.6) is 0 Å². The first-order valence-electron chi connectivity index (χ1n) is 9.18. The van der Waals surface area contributed by atoms with Gasteiger partial charge in [-0.1, -0.05) is 48.0 Å². The summed E-state index contributed by atoms with van der Waals surface area (Å²) in [6, 6.07) is 14.8. The van der Waals surface area contributed by atoms with Crippen LogP contribution in [0, 0.1) is 5.82 Å². The minimum atomic E-state index is -0.932. The summed E-state index contributed by atoms with van der Waals surface area (Å²) in [4.78, 5) is 12.7. The number of piperidine rings is 1. The molecule has 27 heavy (non-hydrogen) atoms. The van der Waals surface area contributed by atoms with Crippen LogP contribution in [0.4, 0.5) is 4.39 Å². The molecule has 0 spiro atoms. The first-order chi connectivity index (χ1) is 13.1. The van der Waals surface area contributed by atoms with Gasteiger partial charge in [0.15, 0.2) is 0 Å². The predicted molar refractivity (Wildman–Crippen MR) is 104 cm³/mol. The Morgan fingerprint density at radius 2 is 1.81 bits per heavy atom. The van der Waals surface area contributed by atoms with E-state index in [-0.39, 0.29) is 12.4 Å². The second-order valence-electron chi connectivity index (χ2n) is 6.68. The number of nitrogens with zero attached hydrogens (tertiary/aromatic N) is 1. The normalized spacial score (nSPS) is 14.9. The molecule has 1 N–H and O–H groups in total. The summed E-state index contributed by atoms with van der Waals surface area (Å²) in [5.74, 6) is -1.16. The highest BCUT2D eigenvalue weighted by molar-refractivity contribution is 5.76. The Kier molecular flexibility index (Phi) is 6.74. The van der Waals surface area contributed by atoms with Gasteiger partial charge in [0, 0.05) is 19.6 Å². The first kappa shape index (κ1) is 19.3. The van der Waals surface area contributed by atoms with Crippen molar-refractivity contribution in [3.63, 3.8) is 0 Å². The van der Waals surface area contributed by atoms with E-state index in [0.717, 1.165) is 49.2 Å². The molecule has 2 aromatic carbocycles. The summed E-state index contributed by atoms with van der Waals surface area (Å²) >= 11 is 0. The van der Waals surface area contributed by atoms with E-state index in [1.807, 2.05) is 24.3 Å². The van der Waals surface area contributed by atoms with Crippen LogP contribution in [0.3, 0.4) is 0 Å². The molecule has 0 aromatic heterocycles. The van der Waals surface area contributed by atoms with Crippen LogP contribution in [0.25, 0.3) is 17.2 Å². The molecule has 4 nitrogen and oxygen atoms in total. The molecule has 1 heterocycles. The Morgan fingerprint density at radius 3 is 2.52 bits per heavy atom. The van der Waals surface area contributed by atoms with Gasteiger partial charge in [-0.15, -0.1) is 0 Å². The van der Waals surface area contributed by atoms with E-state index in [2.05, 4.69) is 23.1 Å². The van der Waals surface area contributed by atoms with E-state index in [9.17, 15) is 9.18 Å². The number of rotatable bonds is 7. The Morgan fingerprint density at radius 1 is 1.11 bits per heavy atom. The number of halogens is 1. The smallest absolute Gasteiger partial charge is 0.329 e. The maximum Gasteiger partial charge on any atom is 0.329 e. The van der Waals surface area contributed by atoms with Gasteiger partial charge in [-0.05, 0) is 41.7 Å². The number of carbonyl (C=O) groups is 1. The molecule has 0 radical (unpaired) electrons. The maximum atomic E-state index is 13.2. The molecule has 1 aliphatic heterocycles. The van der Waals surface area contributed by atoms with Crippen LogP contribution < -0.4 is 0 Å². The Labute approximate surface area is 158 Å². The molecular formula is C22H24FNO3. The van der Waals surface area contributed by atoms with Crippen molar-refractivity contribution in [2.75, 3.05) is 32.8 Å². The van der Waals surface area contributed by atoms with Gasteiger partial charge in [-0.2, -0.15) is 0 Å². The highest BCUT2D eigenvalue weighted by Crippen LogP contribution is 2.28. The van der Waals surface area contributed by atoms with Crippen LogP contribution in [-0.2, 0) is 9.53 Å². The zero-order valence-corrected chi connectivity index (χ0v) is 15.2. The molecular weight excluding hydrogens is 345 g/mol. The second-order valence-corrected chi connectivity index (χ2v) is 6.68. The topological polar surface area (TPSA) is 49.8 Å². The molecule has 0 aliphatic carbocycles. The number of hydrogen-bond donors (Lipinski definition) is 1. The molecule has 0 atom stereocenters. The van der Waals surface area contributed by atoms with E-state index in [1.165, 1.54) is 17.7 Å². The van der Waals surface area contributed by atoms with Gasteiger partial charge < -0.3 is 14.7 Å². The molecule has 0 saturated carbocycles. The van der Waals surface area contributed by atoms with E-state index in [0.29, 0.717) is 6.61 Å². The highest BCUT2D eigenvalue weighted by atomic mass is 19.1. The molecule has 1 aliphatic rings. The molecule has 142 valence electrons. The summed E-state index contributed by atoms with van der Waals surface area (Å²) in [7, 11) is 0. The summed E-state index contributed by atoms with van der Waals surface area (Å²) < 4.78 is 18.3. The number of likely N-dealkylation sites (tertiary alicyclic amines) is 1. The quantitative estimate of drug-likeness (QED) is 0.748. The molecule has 1 fully saturated rings. The third kappa shape index (κ3) is 5.74. The number of aliphatic carboxylic acids is 1. The van der Waals surface area contributed by atoms with Crippen molar-refractivity contribution in [1.29, 1.82) is 0 Å². The summed E-state index contributed by atoms with van der Waals surface area (Å²) in [6.45, 7) is 2.85. The van der Waals surface area contributed by atoms with Crippen molar-refractivity contribution in [3.8, 4) is 11.1 Å². The van der Waals surface area contributed by atoms with Crippen molar-refractivity contribution >= 4 is 12.0 Å². The van der Waals surface area contributed by atoms with Gasteiger partial charge in [0.25, 0.3) is 0 Å². The number of ether oxygens (including phenoxy) is 1. The first-order valence-corrected chi connectivity index (χ1v) is 9.18. The van der Waals surface area contributed by atoms with Crippen molar-refractivity contribution < 1.29 is 19.0 Å².